The highest BCUT2D eigenvalue weighted by Crippen LogP contribution is 2.41. The van der Waals surface area contributed by atoms with Crippen LogP contribution in [0.5, 0.6) is 5.75 Å². The van der Waals surface area contributed by atoms with Crippen LogP contribution in [0, 0.1) is 0 Å². The summed E-state index contributed by atoms with van der Waals surface area (Å²) in [5, 5.41) is 0. The average molecular weight is 431 g/mol. The van der Waals surface area contributed by atoms with Gasteiger partial charge in [0, 0.05) is 11.4 Å². The van der Waals surface area contributed by atoms with E-state index in [1.54, 1.807) is 12.1 Å². The highest BCUT2D eigenvalue weighted by molar-refractivity contribution is 7.46. The lowest BCUT2D eigenvalue weighted by molar-refractivity contribution is 0.283. The van der Waals surface area contributed by atoms with Crippen LogP contribution >= 0.6 is 7.82 Å². The van der Waals surface area contributed by atoms with Crippen molar-refractivity contribution >= 4 is 19.2 Å². The second-order valence-electron chi connectivity index (χ2n) is 7.01. The molecular formula is C25H22NO4P. The zero-order chi connectivity index (χ0) is 21.7. The largest absolute Gasteiger partial charge is 0.524 e. The molecule has 0 heterocycles. The number of anilines is 2. The lowest BCUT2D eigenvalue weighted by atomic mass is 9.95. The first kappa shape index (κ1) is 20.9. The van der Waals surface area contributed by atoms with Crippen molar-refractivity contribution in [1.82, 2.24) is 0 Å². The van der Waals surface area contributed by atoms with E-state index in [2.05, 4.69) is 41.3 Å². The average Bonchev–Trinajstić information content (AvgIpc) is 2.79. The zero-order valence-electron chi connectivity index (χ0n) is 16.7. The number of hydrogen-bond acceptors (Lipinski definition) is 3. The summed E-state index contributed by atoms with van der Waals surface area (Å²) in [4.78, 5) is 20.4. The van der Waals surface area contributed by atoms with E-state index in [0.29, 0.717) is 0 Å². The number of nitrogens with zero attached hydrogens (tertiary/aromatic N) is 1. The van der Waals surface area contributed by atoms with Crippen LogP contribution in [-0.2, 0) is 4.57 Å². The van der Waals surface area contributed by atoms with Gasteiger partial charge in [0.05, 0.1) is 6.04 Å². The SMILES string of the molecule is O=P(O)(O)Oc1ccc(C(c2ccccc2)N(c2ccccc2)c2ccccc2)cc1. The molecule has 0 saturated carbocycles. The van der Waals surface area contributed by atoms with E-state index in [-0.39, 0.29) is 11.8 Å². The predicted octanol–water partition coefficient (Wildman–Crippen LogP) is 6.09. The third-order valence-electron chi connectivity index (χ3n) is 4.86. The first-order chi connectivity index (χ1) is 15.0. The van der Waals surface area contributed by atoms with Crippen LogP contribution in [0.2, 0.25) is 0 Å². The molecule has 2 N–H and O–H groups in total. The molecule has 4 aromatic rings. The van der Waals surface area contributed by atoms with Crippen LogP contribution in [0.4, 0.5) is 11.4 Å². The molecule has 6 heteroatoms. The van der Waals surface area contributed by atoms with Gasteiger partial charge in [0.1, 0.15) is 5.75 Å². The van der Waals surface area contributed by atoms with Gasteiger partial charge in [0.15, 0.2) is 0 Å². The molecule has 4 rings (SSSR count). The van der Waals surface area contributed by atoms with Crippen molar-refractivity contribution in [3.63, 3.8) is 0 Å². The molecule has 1 unspecified atom stereocenters. The van der Waals surface area contributed by atoms with Crippen LogP contribution in [0.15, 0.2) is 115 Å². The van der Waals surface area contributed by atoms with Gasteiger partial charge in [-0.15, -0.1) is 0 Å². The van der Waals surface area contributed by atoms with E-state index in [1.165, 1.54) is 0 Å². The molecule has 0 fully saturated rings. The van der Waals surface area contributed by atoms with Crippen molar-refractivity contribution in [2.45, 2.75) is 6.04 Å². The molecule has 0 aliphatic rings. The van der Waals surface area contributed by atoms with Crippen molar-refractivity contribution in [3.8, 4) is 5.75 Å². The Hall–Kier alpha value is -3.37. The minimum atomic E-state index is -4.61. The topological polar surface area (TPSA) is 70.0 Å². The van der Waals surface area contributed by atoms with E-state index in [0.717, 1.165) is 22.5 Å². The summed E-state index contributed by atoms with van der Waals surface area (Å²) < 4.78 is 15.9. The third kappa shape index (κ3) is 5.22. The van der Waals surface area contributed by atoms with Crippen molar-refractivity contribution in [1.29, 1.82) is 0 Å². The molecule has 0 saturated heterocycles. The summed E-state index contributed by atoms with van der Waals surface area (Å²) in [6, 6.07) is 37.0. The van der Waals surface area contributed by atoms with Gasteiger partial charge in [-0.05, 0) is 47.5 Å². The molecule has 0 radical (unpaired) electrons. The Bertz CT molecular complexity index is 1110. The highest BCUT2D eigenvalue weighted by atomic mass is 31.2. The summed E-state index contributed by atoms with van der Waals surface area (Å²) >= 11 is 0. The number of rotatable bonds is 7. The van der Waals surface area contributed by atoms with Crippen LogP contribution in [0.25, 0.3) is 0 Å². The van der Waals surface area contributed by atoms with E-state index in [9.17, 15) is 4.57 Å². The van der Waals surface area contributed by atoms with E-state index in [4.69, 9.17) is 14.3 Å². The van der Waals surface area contributed by atoms with E-state index >= 15 is 0 Å². The van der Waals surface area contributed by atoms with Crippen molar-refractivity contribution in [2.75, 3.05) is 4.90 Å². The van der Waals surface area contributed by atoms with Crippen molar-refractivity contribution in [3.05, 3.63) is 126 Å². The Balaban J connectivity index is 1.85. The second-order valence-corrected chi connectivity index (χ2v) is 8.17. The lowest BCUT2D eigenvalue weighted by Crippen LogP contribution is -2.25. The molecule has 156 valence electrons. The number of phosphoric acid groups is 1. The van der Waals surface area contributed by atoms with Gasteiger partial charge in [-0.25, -0.2) is 4.57 Å². The first-order valence-corrected chi connectivity index (χ1v) is 11.3. The molecular weight excluding hydrogens is 409 g/mol. The van der Waals surface area contributed by atoms with Gasteiger partial charge in [0.25, 0.3) is 0 Å². The number of benzene rings is 4. The Kier molecular flexibility index (Phi) is 6.19. The maximum atomic E-state index is 11.2. The minimum Gasteiger partial charge on any atom is -0.404 e. The molecule has 0 aromatic heterocycles. The number of phosphoric ester groups is 1. The molecule has 4 aromatic carbocycles. The molecule has 0 aliphatic carbocycles. The maximum Gasteiger partial charge on any atom is 0.524 e. The first-order valence-electron chi connectivity index (χ1n) is 9.81. The van der Waals surface area contributed by atoms with Crippen LogP contribution in [0.1, 0.15) is 17.2 Å². The third-order valence-corrected chi connectivity index (χ3v) is 5.31. The molecule has 1 atom stereocenters. The minimum absolute atomic E-state index is 0.120. The van der Waals surface area contributed by atoms with Gasteiger partial charge in [-0.1, -0.05) is 78.9 Å². The highest BCUT2D eigenvalue weighted by Gasteiger charge is 2.25. The Morgan fingerprint density at radius 2 is 1.03 bits per heavy atom. The second kappa shape index (κ2) is 9.19. The summed E-state index contributed by atoms with van der Waals surface area (Å²) in [6.45, 7) is 0. The van der Waals surface area contributed by atoms with Gasteiger partial charge < -0.3 is 9.42 Å². The summed E-state index contributed by atoms with van der Waals surface area (Å²) in [6.07, 6.45) is 0. The number of para-hydroxylation sites is 2. The quantitative estimate of drug-likeness (QED) is 0.347. The van der Waals surface area contributed by atoms with E-state index < -0.39 is 7.82 Å². The van der Waals surface area contributed by atoms with Crippen molar-refractivity contribution < 1.29 is 18.9 Å². The normalized spacial score (nSPS) is 12.2. The Morgan fingerprint density at radius 1 is 0.613 bits per heavy atom. The number of hydrogen-bond donors (Lipinski definition) is 2. The molecule has 5 nitrogen and oxygen atoms in total. The molecule has 0 bridgehead atoms. The molecule has 0 spiro atoms. The fourth-order valence-corrected chi connectivity index (χ4v) is 3.99. The summed E-state index contributed by atoms with van der Waals surface area (Å²) in [7, 11) is -4.61. The van der Waals surface area contributed by atoms with E-state index in [1.807, 2.05) is 66.7 Å². The standard InChI is InChI=1S/C25H22NO4P/c27-31(28,29)30-24-18-16-21(17-19-24)25(20-10-4-1-5-11-20)26(22-12-6-2-7-13-22)23-14-8-3-9-15-23/h1-19,25H,(H2,27,28,29). The molecule has 0 amide bonds. The maximum absolute atomic E-state index is 11.2. The molecule has 31 heavy (non-hydrogen) atoms. The smallest absolute Gasteiger partial charge is 0.404 e. The predicted molar refractivity (Wildman–Crippen MR) is 122 cm³/mol. The molecule has 0 aliphatic heterocycles. The monoisotopic (exact) mass is 431 g/mol. The Morgan fingerprint density at radius 3 is 1.48 bits per heavy atom. The summed E-state index contributed by atoms with van der Waals surface area (Å²) in [5.41, 5.74) is 4.09. The van der Waals surface area contributed by atoms with Gasteiger partial charge in [-0.3, -0.25) is 9.79 Å². The van der Waals surface area contributed by atoms with Crippen molar-refractivity contribution in [2.24, 2.45) is 0 Å². The van der Waals surface area contributed by atoms with Crippen LogP contribution in [-0.4, -0.2) is 9.79 Å². The fourth-order valence-electron chi connectivity index (χ4n) is 3.60. The fraction of sp³-hybridized carbons (Fsp3) is 0.0400. The van der Waals surface area contributed by atoms with Crippen LogP contribution in [0.3, 0.4) is 0 Å². The zero-order valence-corrected chi connectivity index (χ0v) is 17.5. The van der Waals surface area contributed by atoms with Gasteiger partial charge in [0.2, 0.25) is 0 Å². The Labute approximate surface area is 181 Å². The van der Waals surface area contributed by atoms with Crippen LogP contribution < -0.4 is 9.42 Å². The lowest BCUT2D eigenvalue weighted by Gasteiger charge is -2.35. The van der Waals surface area contributed by atoms with Gasteiger partial charge >= 0.3 is 7.82 Å². The van der Waals surface area contributed by atoms with Gasteiger partial charge in [-0.2, -0.15) is 0 Å². The summed E-state index contributed by atoms with van der Waals surface area (Å²) in [5.74, 6) is 0.120.